The molecular weight excluding hydrogens is 409 g/mol. The lowest BCUT2D eigenvalue weighted by Crippen LogP contribution is -2.58. The minimum atomic E-state index is -4.75. The third-order valence-electron chi connectivity index (χ3n) is 5.48. The van der Waals surface area contributed by atoms with Gasteiger partial charge in [0.1, 0.15) is 22.9 Å². The second-order valence-corrected chi connectivity index (χ2v) is 8.62. The van der Waals surface area contributed by atoms with Crippen LogP contribution in [-0.2, 0) is 20.7 Å². The predicted molar refractivity (Wildman–Crippen MR) is 110 cm³/mol. The molecular formula is C24H25F3O4. The minimum Gasteiger partial charge on any atom is -0.406 e. The number of ether oxygens (including phenoxy) is 2. The first kappa shape index (κ1) is 23.0. The van der Waals surface area contributed by atoms with Gasteiger partial charge >= 0.3 is 6.36 Å². The maximum Gasteiger partial charge on any atom is 0.573 e. The standard InChI is InChI=1S/C24H25F3O4/c1-6-14-13-16(15-7-10-17(11-8-15)30-24(25,26)27)9-12-18(14)19-20(28)22(2,3)31-23(4,5)21(19)29/h7-13,19H,6H2,1-5H3. The van der Waals surface area contributed by atoms with Gasteiger partial charge in [0.25, 0.3) is 0 Å². The molecule has 0 unspecified atom stereocenters. The summed E-state index contributed by atoms with van der Waals surface area (Å²) in [6.45, 7) is 8.60. The van der Waals surface area contributed by atoms with Crippen LogP contribution in [0.3, 0.4) is 0 Å². The molecule has 0 atom stereocenters. The van der Waals surface area contributed by atoms with E-state index in [0.717, 1.165) is 11.1 Å². The molecule has 7 heteroatoms. The van der Waals surface area contributed by atoms with E-state index in [1.165, 1.54) is 24.3 Å². The van der Waals surface area contributed by atoms with Gasteiger partial charge < -0.3 is 9.47 Å². The molecule has 0 saturated carbocycles. The molecule has 1 aliphatic heterocycles. The molecule has 2 aromatic rings. The number of hydrogen-bond donors (Lipinski definition) is 0. The highest BCUT2D eigenvalue weighted by Crippen LogP contribution is 2.40. The van der Waals surface area contributed by atoms with E-state index in [1.54, 1.807) is 39.8 Å². The van der Waals surface area contributed by atoms with Crippen molar-refractivity contribution in [3.8, 4) is 16.9 Å². The zero-order valence-electron chi connectivity index (χ0n) is 18.1. The first-order valence-corrected chi connectivity index (χ1v) is 10.0. The van der Waals surface area contributed by atoms with Crippen molar-refractivity contribution in [3.05, 3.63) is 53.6 Å². The van der Waals surface area contributed by atoms with Gasteiger partial charge in [0.15, 0.2) is 11.6 Å². The Morgan fingerprint density at radius 3 is 1.90 bits per heavy atom. The molecule has 1 saturated heterocycles. The normalized spacial score (nSPS) is 18.8. The van der Waals surface area contributed by atoms with E-state index in [0.29, 0.717) is 17.5 Å². The Labute approximate surface area is 179 Å². The Kier molecular flexibility index (Phi) is 5.78. The van der Waals surface area contributed by atoms with Crippen LogP contribution in [0.5, 0.6) is 5.75 Å². The summed E-state index contributed by atoms with van der Waals surface area (Å²) in [6.07, 6.45) is -4.17. The first-order chi connectivity index (χ1) is 14.2. The molecule has 0 bridgehead atoms. The molecule has 3 rings (SSSR count). The molecule has 4 nitrogen and oxygen atoms in total. The van der Waals surface area contributed by atoms with Crippen LogP contribution >= 0.6 is 0 Å². The number of halogens is 3. The molecule has 0 aromatic heterocycles. The molecule has 1 aliphatic rings. The maximum absolute atomic E-state index is 13.1. The Morgan fingerprint density at radius 1 is 0.903 bits per heavy atom. The number of aryl methyl sites for hydroxylation is 1. The van der Waals surface area contributed by atoms with E-state index in [1.807, 2.05) is 13.0 Å². The average Bonchev–Trinajstić information content (AvgIpc) is 2.66. The van der Waals surface area contributed by atoms with Gasteiger partial charge in [-0.2, -0.15) is 0 Å². The second kappa shape index (κ2) is 7.79. The molecule has 0 radical (unpaired) electrons. The van der Waals surface area contributed by atoms with Crippen LogP contribution in [0.2, 0.25) is 0 Å². The fraction of sp³-hybridized carbons (Fsp3) is 0.417. The van der Waals surface area contributed by atoms with Crippen molar-refractivity contribution >= 4 is 11.6 Å². The lowest BCUT2D eigenvalue weighted by Gasteiger charge is -2.43. The summed E-state index contributed by atoms with van der Waals surface area (Å²) in [5.41, 5.74) is 0.738. The molecule has 166 valence electrons. The number of carbonyl (C=O) groups is 2. The van der Waals surface area contributed by atoms with Crippen molar-refractivity contribution in [2.75, 3.05) is 0 Å². The smallest absolute Gasteiger partial charge is 0.406 e. The van der Waals surface area contributed by atoms with Crippen LogP contribution in [0.4, 0.5) is 13.2 Å². The maximum atomic E-state index is 13.1. The van der Waals surface area contributed by atoms with Gasteiger partial charge in [-0.15, -0.1) is 13.2 Å². The van der Waals surface area contributed by atoms with Gasteiger partial charge in [0.2, 0.25) is 0 Å². The Morgan fingerprint density at radius 2 is 1.42 bits per heavy atom. The van der Waals surface area contributed by atoms with Gasteiger partial charge in [-0.1, -0.05) is 37.3 Å². The first-order valence-electron chi connectivity index (χ1n) is 10.0. The third-order valence-corrected chi connectivity index (χ3v) is 5.48. The summed E-state index contributed by atoms with van der Waals surface area (Å²) in [4.78, 5) is 26.1. The summed E-state index contributed by atoms with van der Waals surface area (Å²) in [6, 6.07) is 11.0. The topological polar surface area (TPSA) is 52.6 Å². The molecule has 0 spiro atoms. The van der Waals surface area contributed by atoms with E-state index in [2.05, 4.69) is 4.74 Å². The predicted octanol–water partition coefficient (Wildman–Crippen LogP) is 5.62. The highest BCUT2D eigenvalue weighted by atomic mass is 19.4. The number of benzene rings is 2. The highest BCUT2D eigenvalue weighted by molar-refractivity contribution is 6.15. The van der Waals surface area contributed by atoms with Crippen molar-refractivity contribution < 1.29 is 32.2 Å². The molecule has 0 amide bonds. The average molecular weight is 434 g/mol. The lowest BCUT2D eigenvalue weighted by molar-refractivity contribution is -0.274. The number of alkyl halides is 3. The highest BCUT2D eigenvalue weighted by Gasteiger charge is 2.53. The SMILES string of the molecule is CCc1cc(-c2ccc(OC(F)(F)F)cc2)ccc1C1C(=O)C(C)(C)OC(C)(C)C1=O. The molecule has 0 aliphatic carbocycles. The minimum absolute atomic E-state index is 0.284. The van der Waals surface area contributed by atoms with Gasteiger partial charge in [0.05, 0.1) is 0 Å². The van der Waals surface area contributed by atoms with Crippen LogP contribution in [-0.4, -0.2) is 29.1 Å². The summed E-state index contributed by atoms with van der Waals surface area (Å²) in [5.74, 6) is -1.79. The van der Waals surface area contributed by atoms with Gasteiger partial charge in [-0.25, -0.2) is 0 Å². The number of carbonyl (C=O) groups excluding carboxylic acids is 2. The fourth-order valence-electron chi connectivity index (χ4n) is 4.06. The number of rotatable bonds is 4. The van der Waals surface area contributed by atoms with Crippen molar-refractivity contribution in [1.82, 2.24) is 0 Å². The summed E-state index contributed by atoms with van der Waals surface area (Å²) >= 11 is 0. The van der Waals surface area contributed by atoms with E-state index < -0.39 is 23.5 Å². The molecule has 31 heavy (non-hydrogen) atoms. The van der Waals surface area contributed by atoms with Crippen molar-refractivity contribution in [2.45, 2.75) is 64.5 Å². The number of hydrogen-bond acceptors (Lipinski definition) is 4. The summed E-state index contributed by atoms with van der Waals surface area (Å²) in [7, 11) is 0. The Bertz CT molecular complexity index is 978. The fourth-order valence-corrected chi connectivity index (χ4v) is 4.06. The van der Waals surface area contributed by atoms with Crippen LogP contribution in [0.25, 0.3) is 11.1 Å². The zero-order valence-corrected chi connectivity index (χ0v) is 18.1. The number of Topliss-reactive ketones (excluding diaryl/α,β-unsaturated/α-hetero) is 2. The van der Waals surface area contributed by atoms with Crippen LogP contribution in [0.1, 0.15) is 51.7 Å². The Hall–Kier alpha value is -2.67. The monoisotopic (exact) mass is 434 g/mol. The second-order valence-electron chi connectivity index (χ2n) is 8.62. The van der Waals surface area contributed by atoms with Crippen LogP contribution in [0, 0.1) is 0 Å². The van der Waals surface area contributed by atoms with E-state index in [4.69, 9.17) is 4.74 Å². The summed E-state index contributed by atoms with van der Waals surface area (Å²) in [5, 5.41) is 0. The van der Waals surface area contributed by atoms with E-state index in [9.17, 15) is 22.8 Å². The van der Waals surface area contributed by atoms with Gasteiger partial charge in [-0.3, -0.25) is 9.59 Å². The molecule has 0 N–H and O–H groups in total. The van der Waals surface area contributed by atoms with Crippen LogP contribution < -0.4 is 4.74 Å². The largest absolute Gasteiger partial charge is 0.573 e. The Balaban J connectivity index is 1.98. The summed E-state index contributed by atoms with van der Waals surface area (Å²) < 4.78 is 46.8. The third kappa shape index (κ3) is 4.66. The van der Waals surface area contributed by atoms with Gasteiger partial charge in [0, 0.05) is 0 Å². The molecule has 1 fully saturated rings. The van der Waals surface area contributed by atoms with Crippen LogP contribution in [0.15, 0.2) is 42.5 Å². The quantitative estimate of drug-likeness (QED) is 0.586. The van der Waals surface area contributed by atoms with Crippen molar-refractivity contribution in [2.24, 2.45) is 0 Å². The van der Waals surface area contributed by atoms with E-state index in [-0.39, 0.29) is 17.3 Å². The lowest BCUT2D eigenvalue weighted by atomic mass is 9.73. The van der Waals surface area contributed by atoms with Gasteiger partial charge in [-0.05, 0) is 68.5 Å². The van der Waals surface area contributed by atoms with Crippen molar-refractivity contribution in [3.63, 3.8) is 0 Å². The zero-order chi connectivity index (χ0) is 23.2. The number of ketones is 2. The molecule has 1 heterocycles. The van der Waals surface area contributed by atoms with Crippen molar-refractivity contribution in [1.29, 1.82) is 0 Å². The van der Waals surface area contributed by atoms with E-state index >= 15 is 0 Å². The molecule has 2 aromatic carbocycles.